The zero-order valence-corrected chi connectivity index (χ0v) is 29.8. The van der Waals surface area contributed by atoms with Gasteiger partial charge in [0.15, 0.2) is 0 Å². The van der Waals surface area contributed by atoms with E-state index >= 15 is 0 Å². The van der Waals surface area contributed by atoms with E-state index in [0.717, 1.165) is 62.2 Å². The fourth-order valence-corrected chi connectivity index (χ4v) is 6.07. The van der Waals surface area contributed by atoms with Crippen LogP contribution in [-0.2, 0) is 12.8 Å². The van der Waals surface area contributed by atoms with Crippen LogP contribution in [0.4, 0.5) is 0 Å². The van der Waals surface area contributed by atoms with Crippen LogP contribution in [0.3, 0.4) is 0 Å². The molecule has 0 saturated heterocycles. The van der Waals surface area contributed by atoms with Gasteiger partial charge in [0, 0.05) is 0 Å². The second-order valence-electron chi connectivity index (χ2n) is 13.8. The zero-order chi connectivity index (χ0) is 33.1. The lowest BCUT2D eigenvalue weighted by molar-refractivity contribution is 0.302. The van der Waals surface area contributed by atoms with E-state index in [4.69, 9.17) is 9.47 Å². The molecule has 2 heteroatoms. The van der Waals surface area contributed by atoms with E-state index in [1.807, 2.05) is 0 Å². The molecule has 0 spiro atoms. The maximum Gasteiger partial charge on any atom is 0.119 e. The minimum Gasteiger partial charge on any atom is -0.494 e. The summed E-state index contributed by atoms with van der Waals surface area (Å²) in [5.74, 6) is 3.43. The average Bonchev–Trinajstić information content (AvgIpc) is 3.11. The largest absolute Gasteiger partial charge is 0.494 e. The SMILES string of the molecule is CC[C@@H](C)Cc1ccc(-c2ccc(OCCCCCCCCCCCOc3ccc(-c4ccc(C[C@@H](C)CC)cc4)cc3)cc2)cc1. The average molecular weight is 633 g/mol. The molecule has 0 aromatic heterocycles. The van der Waals surface area contributed by atoms with Crippen molar-refractivity contribution in [1.82, 2.24) is 0 Å². The van der Waals surface area contributed by atoms with E-state index in [1.165, 1.54) is 91.2 Å². The van der Waals surface area contributed by atoms with Gasteiger partial charge in [-0.1, -0.05) is 158 Å². The number of ether oxygens (including phenoxy) is 2. The Kier molecular flexibility index (Phi) is 16.0. The summed E-state index contributed by atoms with van der Waals surface area (Å²) in [6.45, 7) is 10.8. The van der Waals surface area contributed by atoms with Crippen LogP contribution in [0.1, 0.15) is 109 Å². The van der Waals surface area contributed by atoms with Gasteiger partial charge >= 0.3 is 0 Å². The van der Waals surface area contributed by atoms with Gasteiger partial charge in [-0.25, -0.2) is 0 Å². The first-order valence-corrected chi connectivity index (χ1v) is 18.7. The Morgan fingerprint density at radius 3 is 0.957 bits per heavy atom. The van der Waals surface area contributed by atoms with Crippen LogP contribution in [0.15, 0.2) is 97.1 Å². The fourth-order valence-electron chi connectivity index (χ4n) is 6.07. The molecule has 47 heavy (non-hydrogen) atoms. The Morgan fingerprint density at radius 1 is 0.383 bits per heavy atom. The van der Waals surface area contributed by atoms with E-state index in [9.17, 15) is 0 Å². The molecule has 2 nitrogen and oxygen atoms in total. The first-order valence-electron chi connectivity index (χ1n) is 18.7. The predicted octanol–water partition coefficient (Wildman–Crippen LogP) is 13.2. The van der Waals surface area contributed by atoms with E-state index in [0.29, 0.717) is 0 Å². The Hall–Kier alpha value is -3.52. The lowest BCUT2D eigenvalue weighted by Crippen LogP contribution is -1.98. The van der Waals surface area contributed by atoms with Crippen LogP contribution in [0.5, 0.6) is 11.5 Å². The molecule has 0 heterocycles. The Labute approximate surface area is 286 Å². The highest BCUT2D eigenvalue weighted by atomic mass is 16.5. The number of unbranched alkanes of at least 4 members (excludes halogenated alkanes) is 8. The molecular weight excluding hydrogens is 572 g/mol. The van der Waals surface area contributed by atoms with Crippen LogP contribution >= 0.6 is 0 Å². The second kappa shape index (κ2) is 20.7. The normalized spacial score (nSPS) is 12.5. The maximum atomic E-state index is 6.02. The van der Waals surface area contributed by atoms with Crippen LogP contribution in [0.2, 0.25) is 0 Å². The van der Waals surface area contributed by atoms with Crippen molar-refractivity contribution >= 4 is 0 Å². The van der Waals surface area contributed by atoms with Gasteiger partial charge in [0.05, 0.1) is 13.2 Å². The number of hydrogen-bond donors (Lipinski definition) is 0. The minimum absolute atomic E-state index is 0.739. The van der Waals surface area contributed by atoms with E-state index in [-0.39, 0.29) is 0 Å². The molecule has 0 unspecified atom stereocenters. The van der Waals surface area contributed by atoms with Crippen molar-refractivity contribution in [3.63, 3.8) is 0 Å². The summed E-state index contributed by atoms with van der Waals surface area (Å²) < 4.78 is 12.0. The van der Waals surface area contributed by atoms with Crippen molar-refractivity contribution in [2.24, 2.45) is 11.8 Å². The van der Waals surface area contributed by atoms with Gasteiger partial charge in [-0.05, 0) is 95.2 Å². The number of benzene rings is 4. The molecular formula is C45H60O2. The molecule has 0 aliphatic rings. The van der Waals surface area contributed by atoms with Crippen LogP contribution in [-0.4, -0.2) is 13.2 Å². The van der Waals surface area contributed by atoms with Crippen LogP contribution in [0.25, 0.3) is 22.3 Å². The molecule has 0 bridgehead atoms. The van der Waals surface area contributed by atoms with Crippen molar-refractivity contribution in [2.45, 2.75) is 111 Å². The molecule has 252 valence electrons. The topological polar surface area (TPSA) is 18.5 Å². The summed E-state index contributed by atoms with van der Waals surface area (Å²) in [6, 6.07) is 35.2. The van der Waals surface area contributed by atoms with Crippen molar-refractivity contribution in [3.8, 4) is 33.8 Å². The molecule has 0 N–H and O–H groups in total. The summed E-state index contributed by atoms with van der Waals surface area (Å²) in [5.41, 5.74) is 7.90. The summed E-state index contributed by atoms with van der Waals surface area (Å²) in [6.07, 6.45) is 16.1. The predicted molar refractivity (Wildman–Crippen MR) is 203 cm³/mol. The van der Waals surface area contributed by atoms with Gasteiger partial charge < -0.3 is 9.47 Å². The Balaban J connectivity index is 0.975. The quantitative estimate of drug-likeness (QED) is 0.0803. The van der Waals surface area contributed by atoms with E-state index in [2.05, 4.69) is 125 Å². The van der Waals surface area contributed by atoms with Gasteiger partial charge in [0.25, 0.3) is 0 Å². The number of hydrogen-bond acceptors (Lipinski definition) is 2. The molecule has 0 fully saturated rings. The van der Waals surface area contributed by atoms with Crippen molar-refractivity contribution in [2.75, 3.05) is 13.2 Å². The molecule has 0 aliphatic heterocycles. The standard InChI is InChI=1S/C45H60O2/c1-5-36(3)34-38-16-20-40(21-17-38)42-24-28-44(29-25-42)46-32-14-12-10-8-7-9-11-13-15-33-47-45-30-26-43(27-31-45)41-22-18-39(19-23-41)35-37(4)6-2/h16-31,36-37H,5-15,32-35H2,1-4H3/t36-,37+. The molecule has 0 aliphatic carbocycles. The summed E-state index contributed by atoms with van der Waals surface area (Å²) in [7, 11) is 0. The number of rotatable bonds is 22. The first-order chi connectivity index (χ1) is 23.0. The van der Waals surface area contributed by atoms with Gasteiger partial charge in [-0.15, -0.1) is 0 Å². The highest BCUT2D eigenvalue weighted by molar-refractivity contribution is 5.65. The third kappa shape index (κ3) is 13.3. The lowest BCUT2D eigenvalue weighted by atomic mass is 9.97. The summed E-state index contributed by atoms with van der Waals surface area (Å²) in [5, 5.41) is 0. The fraction of sp³-hybridized carbons (Fsp3) is 0.467. The third-order valence-corrected chi connectivity index (χ3v) is 9.67. The van der Waals surface area contributed by atoms with Gasteiger partial charge in [-0.2, -0.15) is 0 Å². The van der Waals surface area contributed by atoms with E-state index < -0.39 is 0 Å². The molecule has 0 amide bonds. The Morgan fingerprint density at radius 2 is 0.660 bits per heavy atom. The molecule has 4 rings (SSSR count). The molecule has 0 saturated carbocycles. The summed E-state index contributed by atoms with van der Waals surface area (Å²) >= 11 is 0. The van der Waals surface area contributed by atoms with Crippen molar-refractivity contribution < 1.29 is 9.47 Å². The molecule has 2 atom stereocenters. The summed E-state index contributed by atoms with van der Waals surface area (Å²) in [4.78, 5) is 0. The molecule has 4 aromatic carbocycles. The van der Waals surface area contributed by atoms with Crippen molar-refractivity contribution in [1.29, 1.82) is 0 Å². The molecule has 4 aromatic rings. The van der Waals surface area contributed by atoms with Gasteiger partial charge in [0.1, 0.15) is 11.5 Å². The minimum atomic E-state index is 0.739. The highest BCUT2D eigenvalue weighted by Crippen LogP contribution is 2.26. The third-order valence-electron chi connectivity index (χ3n) is 9.67. The highest BCUT2D eigenvalue weighted by Gasteiger charge is 2.05. The van der Waals surface area contributed by atoms with Gasteiger partial charge in [0.2, 0.25) is 0 Å². The monoisotopic (exact) mass is 632 g/mol. The van der Waals surface area contributed by atoms with Crippen LogP contribution in [0, 0.1) is 11.8 Å². The second-order valence-corrected chi connectivity index (χ2v) is 13.8. The smallest absolute Gasteiger partial charge is 0.119 e. The zero-order valence-electron chi connectivity index (χ0n) is 29.8. The van der Waals surface area contributed by atoms with Gasteiger partial charge in [-0.3, -0.25) is 0 Å². The first kappa shape index (κ1) is 36.3. The molecule has 0 radical (unpaired) electrons. The Bertz CT molecular complexity index is 1260. The van der Waals surface area contributed by atoms with E-state index in [1.54, 1.807) is 0 Å². The lowest BCUT2D eigenvalue weighted by Gasteiger charge is -2.10. The van der Waals surface area contributed by atoms with Crippen molar-refractivity contribution in [3.05, 3.63) is 108 Å². The van der Waals surface area contributed by atoms with Crippen LogP contribution < -0.4 is 9.47 Å². The maximum absolute atomic E-state index is 6.02.